The molecule has 1 fully saturated rings. The quantitative estimate of drug-likeness (QED) is 0.917. The average molecular weight is 339 g/mol. The van der Waals surface area contributed by atoms with Crippen molar-refractivity contribution in [3.05, 3.63) is 17.7 Å². The van der Waals surface area contributed by atoms with Gasteiger partial charge >= 0.3 is 6.18 Å². The van der Waals surface area contributed by atoms with Gasteiger partial charge in [-0.3, -0.25) is 0 Å². The Labute approximate surface area is 128 Å². The van der Waals surface area contributed by atoms with Crippen molar-refractivity contribution in [3.8, 4) is 0 Å². The molecule has 1 saturated heterocycles. The maximum absolute atomic E-state index is 12.5. The molecule has 0 saturated carbocycles. The fourth-order valence-corrected chi connectivity index (χ4v) is 4.44. The molecule has 1 N–H and O–H groups in total. The highest BCUT2D eigenvalue weighted by Gasteiger charge is 2.35. The van der Waals surface area contributed by atoms with Crippen LogP contribution in [-0.4, -0.2) is 41.5 Å². The van der Waals surface area contributed by atoms with Crippen molar-refractivity contribution >= 4 is 10.0 Å². The number of hydrogen-bond donors (Lipinski definition) is 1. The molecule has 0 aromatic carbocycles. The van der Waals surface area contributed by atoms with Crippen LogP contribution >= 0.6 is 0 Å². The Balaban J connectivity index is 1.99. The van der Waals surface area contributed by atoms with E-state index in [1.165, 1.54) is 4.31 Å². The van der Waals surface area contributed by atoms with E-state index in [2.05, 4.69) is 9.97 Å². The lowest BCUT2D eigenvalue weighted by Crippen LogP contribution is -2.40. The standard InChI is InChI=1S/C13H20F3N3O2S/c1-9(2)8-22(20,21)19-5-3-10(4-6-19)12-17-7-11(18-12)13(14,15)16/h7,9-10H,3-6,8H2,1-2H3,(H,17,18). The predicted molar refractivity (Wildman–Crippen MR) is 75.8 cm³/mol. The summed E-state index contributed by atoms with van der Waals surface area (Å²) in [6.07, 6.45) is -2.70. The molecule has 0 radical (unpaired) electrons. The largest absolute Gasteiger partial charge is 0.432 e. The minimum Gasteiger partial charge on any atom is -0.338 e. The number of aromatic nitrogens is 2. The van der Waals surface area contributed by atoms with Crippen LogP contribution in [-0.2, 0) is 16.2 Å². The second-order valence-electron chi connectivity index (χ2n) is 6.03. The first-order chi connectivity index (χ1) is 10.1. The maximum Gasteiger partial charge on any atom is 0.432 e. The number of H-pyrrole nitrogens is 1. The third-order valence-corrected chi connectivity index (χ3v) is 5.92. The first-order valence-electron chi connectivity index (χ1n) is 7.19. The Morgan fingerprint density at radius 2 is 1.95 bits per heavy atom. The summed E-state index contributed by atoms with van der Waals surface area (Å²) in [4.78, 5) is 6.10. The first kappa shape index (κ1) is 17.3. The molecule has 2 rings (SSSR count). The topological polar surface area (TPSA) is 66.1 Å². The van der Waals surface area contributed by atoms with Crippen molar-refractivity contribution < 1.29 is 21.6 Å². The van der Waals surface area contributed by atoms with Crippen LogP contribution in [0.5, 0.6) is 0 Å². The number of halogens is 3. The van der Waals surface area contributed by atoms with Crippen LogP contribution < -0.4 is 0 Å². The molecule has 22 heavy (non-hydrogen) atoms. The summed E-state index contributed by atoms with van der Waals surface area (Å²) >= 11 is 0. The molecular formula is C13H20F3N3O2S. The van der Waals surface area contributed by atoms with Crippen molar-refractivity contribution in [2.45, 2.75) is 38.8 Å². The number of sulfonamides is 1. The Morgan fingerprint density at radius 3 is 2.41 bits per heavy atom. The van der Waals surface area contributed by atoms with Crippen LogP contribution in [0.2, 0.25) is 0 Å². The average Bonchev–Trinajstić information content (AvgIpc) is 2.86. The Morgan fingerprint density at radius 1 is 1.36 bits per heavy atom. The minimum absolute atomic E-state index is 0.0436. The number of alkyl halides is 3. The van der Waals surface area contributed by atoms with Crippen LogP contribution in [0, 0.1) is 5.92 Å². The predicted octanol–water partition coefficient (Wildman–Crippen LogP) is 2.59. The molecule has 1 aromatic rings. The number of imidazole rings is 1. The van der Waals surface area contributed by atoms with E-state index in [1.807, 2.05) is 13.8 Å². The third kappa shape index (κ3) is 4.01. The van der Waals surface area contributed by atoms with Gasteiger partial charge in [-0.1, -0.05) is 13.8 Å². The van der Waals surface area contributed by atoms with Crippen LogP contribution in [0.25, 0.3) is 0 Å². The maximum atomic E-state index is 12.5. The van der Waals surface area contributed by atoms with E-state index in [0.717, 1.165) is 6.20 Å². The fraction of sp³-hybridized carbons (Fsp3) is 0.769. The molecule has 1 aliphatic rings. The number of hydrogen-bond acceptors (Lipinski definition) is 3. The van der Waals surface area contributed by atoms with E-state index in [0.29, 0.717) is 25.9 Å². The molecule has 9 heteroatoms. The lowest BCUT2D eigenvalue weighted by atomic mass is 9.97. The SMILES string of the molecule is CC(C)CS(=O)(=O)N1CCC(c2ncc(C(F)(F)F)[nH]2)CC1. The highest BCUT2D eigenvalue weighted by atomic mass is 32.2. The number of piperidine rings is 1. The summed E-state index contributed by atoms with van der Waals surface area (Å²) in [6, 6.07) is 0. The molecule has 0 atom stereocenters. The van der Waals surface area contributed by atoms with Crippen molar-refractivity contribution in [2.75, 3.05) is 18.8 Å². The monoisotopic (exact) mass is 339 g/mol. The number of rotatable bonds is 4. The smallest absolute Gasteiger partial charge is 0.338 e. The molecule has 1 aromatic heterocycles. The molecule has 0 aliphatic carbocycles. The zero-order valence-corrected chi connectivity index (χ0v) is 13.3. The van der Waals surface area contributed by atoms with E-state index in [9.17, 15) is 21.6 Å². The molecule has 0 unspecified atom stereocenters. The number of aromatic amines is 1. The lowest BCUT2D eigenvalue weighted by molar-refractivity contribution is -0.141. The van der Waals surface area contributed by atoms with Crippen LogP contribution in [0.3, 0.4) is 0 Å². The van der Waals surface area contributed by atoms with Gasteiger partial charge in [-0.05, 0) is 18.8 Å². The van der Waals surface area contributed by atoms with Gasteiger partial charge in [-0.2, -0.15) is 13.2 Å². The highest BCUT2D eigenvalue weighted by molar-refractivity contribution is 7.89. The Kier molecular flexibility index (Phi) is 4.86. The molecule has 0 bridgehead atoms. The molecule has 0 amide bonds. The van der Waals surface area contributed by atoms with Gasteiger partial charge in [0.2, 0.25) is 10.0 Å². The van der Waals surface area contributed by atoms with E-state index in [4.69, 9.17) is 0 Å². The number of nitrogens with one attached hydrogen (secondary N) is 1. The van der Waals surface area contributed by atoms with Gasteiger partial charge in [0.05, 0.1) is 11.9 Å². The van der Waals surface area contributed by atoms with Gasteiger partial charge in [0.1, 0.15) is 11.5 Å². The summed E-state index contributed by atoms with van der Waals surface area (Å²) in [5.41, 5.74) is -0.864. The minimum atomic E-state index is -4.44. The summed E-state index contributed by atoms with van der Waals surface area (Å²) in [6.45, 7) is 4.32. The van der Waals surface area contributed by atoms with E-state index >= 15 is 0 Å². The van der Waals surface area contributed by atoms with Crippen molar-refractivity contribution in [1.82, 2.24) is 14.3 Å². The Hall–Kier alpha value is -1.09. The molecular weight excluding hydrogens is 319 g/mol. The van der Waals surface area contributed by atoms with Crippen LogP contribution in [0.1, 0.15) is 44.1 Å². The number of nitrogens with zero attached hydrogens (tertiary/aromatic N) is 2. The zero-order chi connectivity index (χ0) is 16.5. The lowest BCUT2D eigenvalue weighted by Gasteiger charge is -2.30. The van der Waals surface area contributed by atoms with Crippen LogP contribution in [0.4, 0.5) is 13.2 Å². The van der Waals surface area contributed by atoms with Gasteiger partial charge in [0.25, 0.3) is 0 Å². The Bertz CT molecular complexity index is 602. The first-order valence-corrected chi connectivity index (χ1v) is 8.80. The summed E-state index contributed by atoms with van der Waals surface area (Å²) in [5.74, 6) is 0.258. The summed E-state index contributed by atoms with van der Waals surface area (Å²) < 4.78 is 63.3. The van der Waals surface area contributed by atoms with Crippen LogP contribution in [0.15, 0.2) is 6.20 Å². The zero-order valence-electron chi connectivity index (χ0n) is 12.5. The van der Waals surface area contributed by atoms with Gasteiger partial charge in [-0.15, -0.1) is 0 Å². The van der Waals surface area contributed by atoms with Gasteiger partial charge in [-0.25, -0.2) is 17.7 Å². The highest BCUT2D eigenvalue weighted by Crippen LogP contribution is 2.32. The molecule has 5 nitrogen and oxygen atoms in total. The second kappa shape index (κ2) is 6.19. The fourth-order valence-electron chi connectivity index (χ4n) is 2.62. The van der Waals surface area contributed by atoms with E-state index in [1.54, 1.807) is 0 Å². The molecule has 1 aliphatic heterocycles. The van der Waals surface area contributed by atoms with Gasteiger partial charge < -0.3 is 4.98 Å². The summed E-state index contributed by atoms with van der Waals surface area (Å²) in [7, 11) is -3.28. The second-order valence-corrected chi connectivity index (χ2v) is 8.04. The molecule has 0 spiro atoms. The normalized spacial score (nSPS) is 19.0. The van der Waals surface area contributed by atoms with Crippen molar-refractivity contribution in [3.63, 3.8) is 0 Å². The van der Waals surface area contributed by atoms with Crippen molar-refractivity contribution in [1.29, 1.82) is 0 Å². The van der Waals surface area contributed by atoms with E-state index in [-0.39, 0.29) is 23.4 Å². The van der Waals surface area contributed by atoms with Gasteiger partial charge in [0.15, 0.2) is 0 Å². The molecule has 2 heterocycles. The van der Waals surface area contributed by atoms with Crippen molar-refractivity contribution in [2.24, 2.45) is 5.92 Å². The summed E-state index contributed by atoms with van der Waals surface area (Å²) in [5, 5.41) is 0. The van der Waals surface area contributed by atoms with E-state index < -0.39 is 21.9 Å². The molecule has 126 valence electrons. The third-order valence-electron chi connectivity index (χ3n) is 3.68. The van der Waals surface area contributed by atoms with Gasteiger partial charge in [0, 0.05) is 19.0 Å².